The molecule has 1 aromatic rings. The zero-order valence-corrected chi connectivity index (χ0v) is 12.1. The second kappa shape index (κ2) is 7.46. The summed E-state index contributed by atoms with van der Waals surface area (Å²) >= 11 is 0. The normalized spacial score (nSPS) is 15.8. The third-order valence-electron chi connectivity index (χ3n) is 3.68. The van der Waals surface area contributed by atoms with Crippen LogP contribution in [0.4, 0.5) is 0 Å². The van der Waals surface area contributed by atoms with Crippen molar-refractivity contribution >= 4 is 0 Å². The fourth-order valence-electron chi connectivity index (χ4n) is 2.72. The zero-order chi connectivity index (χ0) is 13.5. The lowest BCUT2D eigenvalue weighted by atomic mass is 10.0. The van der Waals surface area contributed by atoms with E-state index in [1.54, 1.807) is 0 Å². The molecule has 0 radical (unpaired) electrons. The first kappa shape index (κ1) is 14.3. The van der Waals surface area contributed by atoms with E-state index in [-0.39, 0.29) is 0 Å². The van der Waals surface area contributed by atoms with Crippen LogP contribution in [-0.4, -0.2) is 31.1 Å². The molecule has 0 amide bonds. The molecular weight excluding hydrogens is 232 g/mol. The van der Waals surface area contributed by atoms with Gasteiger partial charge in [0.1, 0.15) is 0 Å². The summed E-state index contributed by atoms with van der Waals surface area (Å²) in [6, 6.07) is 8.85. The minimum atomic E-state index is 0.950. The van der Waals surface area contributed by atoms with Crippen LogP contribution in [0.1, 0.15) is 30.9 Å². The molecule has 0 spiro atoms. The molecule has 2 heteroatoms. The largest absolute Gasteiger partial charge is 0.313 e. The molecule has 19 heavy (non-hydrogen) atoms. The van der Waals surface area contributed by atoms with Gasteiger partial charge in [-0.15, -0.1) is 0 Å². The fourth-order valence-corrected chi connectivity index (χ4v) is 2.72. The zero-order valence-electron chi connectivity index (χ0n) is 12.1. The Morgan fingerprint density at radius 1 is 1.32 bits per heavy atom. The maximum absolute atomic E-state index is 4.20. The monoisotopic (exact) mass is 258 g/mol. The molecule has 1 heterocycles. The Labute approximate surface area is 117 Å². The van der Waals surface area contributed by atoms with E-state index in [2.05, 4.69) is 48.0 Å². The molecular formula is C17H26N2. The highest BCUT2D eigenvalue weighted by molar-refractivity contribution is 5.28. The standard InChI is InChI=1S/C17H26N2/c1-3-10-18-12-15(2)13-19-11-6-9-16-7-4-5-8-17(16)14-19/h4-5,7-8,18H,2-3,6,9-14H2,1H3. The Hall–Kier alpha value is -1.12. The van der Waals surface area contributed by atoms with Gasteiger partial charge in [-0.05, 0) is 49.1 Å². The first-order valence-corrected chi connectivity index (χ1v) is 7.46. The van der Waals surface area contributed by atoms with Crippen LogP contribution in [-0.2, 0) is 13.0 Å². The molecule has 1 aliphatic heterocycles. The van der Waals surface area contributed by atoms with E-state index in [4.69, 9.17) is 0 Å². The average molecular weight is 258 g/mol. The van der Waals surface area contributed by atoms with Gasteiger partial charge in [-0.3, -0.25) is 4.90 Å². The second-order valence-corrected chi connectivity index (χ2v) is 5.51. The molecule has 104 valence electrons. The van der Waals surface area contributed by atoms with Crippen molar-refractivity contribution in [2.24, 2.45) is 0 Å². The van der Waals surface area contributed by atoms with E-state index >= 15 is 0 Å². The van der Waals surface area contributed by atoms with Gasteiger partial charge in [0, 0.05) is 19.6 Å². The van der Waals surface area contributed by atoms with Gasteiger partial charge in [0.25, 0.3) is 0 Å². The highest BCUT2D eigenvalue weighted by Gasteiger charge is 2.14. The molecule has 1 aliphatic rings. The van der Waals surface area contributed by atoms with Gasteiger partial charge in [-0.2, -0.15) is 0 Å². The van der Waals surface area contributed by atoms with Crippen molar-refractivity contribution in [1.82, 2.24) is 10.2 Å². The second-order valence-electron chi connectivity index (χ2n) is 5.51. The minimum Gasteiger partial charge on any atom is -0.313 e. The summed E-state index contributed by atoms with van der Waals surface area (Å²) in [6.45, 7) is 11.7. The van der Waals surface area contributed by atoms with Crippen LogP contribution in [0.5, 0.6) is 0 Å². The third kappa shape index (κ3) is 4.48. The molecule has 1 aromatic carbocycles. The van der Waals surface area contributed by atoms with E-state index in [0.29, 0.717) is 0 Å². The van der Waals surface area contributed by atoms with Gasteiger partial charge in [-0.25, -0.2) is 0 Å². The maximum atomic E-state index is 4.20. The van der Waals surface area contributed by atoms with Crippen LogP contribution in [0, 0.1) is 0 Å². The molecule has 0 saturated carbocycles. The maximum Gasteiger partial charge on any atom is 0.0239 e. The number of hydrogen-bond acceptors (Lipinski definition) is 2. The number of aryl methyl sites for hydroxylation is 1. The van der Waals surface area contributed by atoms with Crippen molar-refractivity contribution in [3.63, 3.8) is 0 Å². The molecule has 0 aliphatic carbocycles. The molecule has 0 fully saturated rings. The number of benzene rings is 1. The molecule has 0 aromatic heterocycles. The number of nitrogens with one attached hydrogen (secondary N) is 1. The van der Waals surface area contributed by atoms with Crippen LogP contribution in [0.15, 0.2) is 36.4 Å². The van der Waals surface area contributed by atoms with Gasteiger partial charge >= 0.3 is 0 Å². The lowest BCUT2D eigenvalue weighted by molar-refractivity contribution is 0.290. The molecule has 0 atom stereocenters. The van der Waals surface area contributed by atoms with Crippen molar-refractivity contribution in [2.75, 3.05) is 26.2 Å². The molecule has 2 rings (SSSR count). The topological polar surface area (TPSA) is 15.3 Å². The van der Waals surface area contributed by atoms with Crippen molar-refractivity contribution in [2.45, 2.75) is 32.7 Å². The minimum absolute atomic E-state index is 0.950. The predicted molar refractivity (Wildman–Crippen MR) is 82.3 cm³/mol. The summed E-state index contributed by atoms with van der Waals surface area (Å²) in [7, 11) is 0. The van der Waals surface area contributed by atoms with Crippen molar-refractivity contribution in [3.8, 4) is 0 Å². The SMILES string of the molecule is C=C(CNCCC)CN1CCCc2ccccc2C1. The van der Waals surface area contributed by atoms with Crippen LogP contribution in [0.2, 0.25) is 0 Å². The first-order valence-electron chi connectivity index (χ1n) is 7.46. The van der Waals surface area contributed by atoms with Crippen molar-refractivity contribution in [1.29, 1.82) is 0 Å². The molecule has 0 saturated heterocycles. The van der Waals surface area contributed by atoms with Gasteiger partial charge in [-0.1, -0.05) is 37.8 Å². The number of rotatable bonds is 6. The number of fused-ring (bicyclic) bond motifs is 1. The van der Waals surface area contributed by atoms with Crippen LogP contribution in [0.3, 0.4) is 0 Å². The molecule has 0 bridgehead atoms. The Balaban J connectivity index is 1.86. The number of nitrogens with zero attached hydrogens (tertiary/aromatic N) is 1. The van der Waals surface area contributed by atoms with Gasteiger partial charge in [0.15, 0.2) is 0 Å². The Morgan fingerprint density at radius 3 is 2.89 bits per heavy atom. The van der Waals surface area contributed by atoms with Gasteiger partial charge < -0.3 is 5.32 Å². The fraction of sp³-hybridized carbons (Fsp3) is 0.529. The lowest BCUT2D eigenvalue weighted by Gasteiger charge is -2.22. The first-order chi connectivity index (χ1) is 9.29. The highest BCUT2D eigenvalue weighted by atomic mass is 15.1. The van der Waals surface area contributed by atoms with Gasteiger partial charge in [0.05, 0.1) is 0 Å². The third-order valence-corrected chi connectivity index (χ3v) is 3.68. The van der Waals surface area contributed by atoms with E-state index < -0.39 is 0 Å². The Bertz CT molecular complexity index is 411. The highest BCUT2D eigenvalue weighted by Crippen LogP contribution is 2.18. The van der Waals surface area contributed by atoms with E-state index in [1.165, 1.54) is 42.5 Å². The number of hydrogen-bond donors (Lipinski definition) is 1. The van der Waals surface area contributed by atoms with Crippen LogP contribution < -0.4 is 5.32 Å². The van der Waals surface area contributed by atoms with Crippen LogP contribution >= 0.6 is 0 Å². The smallest absolute Gasteiger partial charge is 0.0239 e. The summed E-state index contributed by atoms with van der Waals surface area (Å²) in [5, 5.41) is 3.43. The van der Waals surface area contributed by atoms with Crippen LogP contribution in [0.25, 0.3) is 0 Å². The Kier molecular flexibility index (Phi) is 5.62. The van der Waals surface area contributed by atoms with Gasteiger partial charge in [0.2, 0.25) is 0 Å². The summed E-state index contributed by atoms with van der Waals surface area (Å²) < 4.78 is 0. The quantitative estimate of drug-likeness (QED) is 0.623. The van der Waals surface area contributed by atoms with Crippen molar-refractivity contribution < 1.29 is 0 Å². The summed E-state index contributed by atoms with van der Waals surface area (Å²) in [6.07, 6.45) is 3.66. The predicted octanol–water partition coefficient (Wildman–Crippen LogP) is 2.99. The van der Waals surface area contributed by atoms with E-state index in [1.807, 2.05) is 0 Å². The average Bonchev–Trinajstić information content (AvgIpc) is 2.60. The Morgan fingerprint density at radius 2 is 2.11 bits per heavy atom. The lowest BCUT2D eigenvalue weighted by Crippen LogP contribution is -2.29. The summed E-state index contributed by atoms with van der Waals surface area (Å²) in [5.74, 6) is 0. The molecule has 1 N–H and O–H groups in total. The van der Waals surface area contributed by atoms with E-state index in [9.17, 15) is 0 Å². The van der Waals surface area contributed by atoms with E-state index in [0.717, 1.165) is 26.2 Å². The summed E-state index contributed by atoms with van der Waals surface area (Å²) in [5.41, 5.74) is 4.32. The van der Waals surface area contributed by atoms with Crippen molar-refractivity contribution in [3.05, 3.63) is 47.5 Å². The molecule has 0 unspecified atom stereocenters. The summed E-state index contributed by atoms with van der Waals surface area (Å²) in [4.78, 5) is 2.53. The molecule has 2 nitrogen and oxygen atoms in total.